The minimum absolute atomic E-state index is 0.0100. The summed E-state index contributed by atoms with van der Waals surface area (Å²) >= 11 is 0. The van der Waals surface area contributed by atoms with Crippen molar-refractivity contribution >= 4 is 22.7 Å². The molecule has 1 saturated carbocycles. The van der Waals surface area contributed by atoms with Crippen molar-refractivity contribution in [3.05, 3.63) is 42.5 Å². The smallest absolute Gasteiger partial charge is 0.145 e. The average Bonchev–Trinajstić information content (AvgIpc) is 3.18. The molecule has 1 aliphatic rings. The van der Waals surface area contributed by atoms with Gasteiger partial charge in [-0.25, -0.2) is 15.0 Å². The van der Waals surface area contributed by atoms with Gasteiger partial charge in [0.25, 0.3) is 0 Å². The molecular weight excluding hydrogens is 332 g/mol. The van der Waals surface area contributed by atoms with Crippen LogP contribution >= 0.6 is 0 Å². The normalized spacial score (nSPS) is 25.8. The molecule has 4 rings (SSSR count). The van der Waals surface area contributed by atoms with E-state index >= 15 is 0 Å². The van der Waals surface area contributed by atoms with Crippen LogP contribution in [0, 0.1) is 5.92 Å². The van der Waals surface area contributed by atoms with Gasteiger partial charge in [0.15, 0.2) is 0 Å². The summed E-state index contributed by atoms with van der Waals surface area (Å²) in [4.78, 5) is 12.4. The van der Waals surface area contributed by atoms with E-state index in [1.165, 1.54) is 6.33 Å². The monoisotopic (exact) mass is 354 g/mol. The van der Waals surface area contributed by atoms with Gasteiger partial charge in [0.2, 0.25) is 0 Å². The van der Waals surface area contributed by atoms with Crippen LogP contribution in [0.15, 0.2) is 36.9 Å². The Kier molecular flexibility index (Phi) is 4.21. The molecule has 26 heavy (non-hydrogen) atoms. The summed E-state index contributed by atoms with van der Waals surface area (Å²) in [5, 5.41) is 21.9. The molecule has 136 valence electrons. The van der Waals surface area contributed by atoms with E-state index in [0.717, 1.165) is 23.8 Å². The standard InChI is InChI=1S/C18H22N6O2/c19-14-4-2-10(8-21-14)1-3-11-7-13(16(26)15(11)25)24-6-5-12-17(20)22-9-23-18(12)24/h2,4-6,8-9,11,13,15-16,25-26H,1,3,7H2,(H2,19,21)(H2,20,22,23)/t11-,13+,15+,16-/m0/s1. The topological polar surface area (TPSA) is 136 Å². The maximum atomic E-state index is 10.6. The number of rotatable bonds is 4. The van der Waals surface area contributed by atoms with Gasteiger partial charge in [-0.1, -0.05) is 6.07 Å². The van der Waals surface area contributed by atoms with Gasteiger partial charge in [0.1, 0.15) is 29.7 Å². The fourth-order valence-electron chi connectivity index (χ4n) is 3.86. The Labute approximate surface area is 150 Å². The van der Waals surface area contributed by atoms with Crippen LogP contribution in [0.5, 0.6) is 0 Å². The second kappa shape index (κ2) is 6.54. The fraction of sp³-hybridized carbons (Fsp3) is 0.389. The quantitative estimate of drug-likeness (QED) is 0.546. The minimum atomic E-state index is -0.851. The van der Waals surface area contributed by atoms with E-state index in [4.69, 9.17) is 11.5 Å². The van der Waals surface area contributed by atoms with Crippen molar-refractivity contribution < 1.29 is 10.2 Å². The molecule has 0 aliphatic heterocycles. The van der Waals surface area contributed by atoms with Gasteiger partial charge < -0.3 is 26.2 Å². The van der Waals surface area contributed by atoms with Gasteiger partial charge in [-0.2, -0.15) is 0 Å². The van der Waals surface area contributed by atoms with Crippen molar-refractivity contribution in [1.29, 1.82) is 0 Å². The molecule has 1 fully saturated rings. The van der Waals surface area contributed by atoms with E-state index in [1.807, 2.05) is 22.9 Å². The molecule has 0 radical (unpaired) electrons. The van der Waals surface area contributed by atoms with Crippen LogP contribution < -0.4 is 11.5 Å². The molecule has 0 amide bonds. The van der Waals surface area contributed by atoms with Crippen LogP contribution in [0.3, 0.4) is 0 Å². The summed E-state index contributed by atoms with van der Waals surface area (Å²) < 4.78 is 1.89. The minimum Gasteiger partial charge on any atom is -0.390 e. The Morgan fingerprint density at radius 2 is 1.92 bits per heavy atom. The predicted molar refractivity (Wildman–Crippen MR) is 98.1 cm³/mol. The number of pyridine rings is 1. The zero-order valence-corrected chi connectivity index (χ0v) is 14.2. The lowest BCUT2D eigenvalue weighted by atomic mass is 9.97. The summed E-state index contributed by atoms with van der Waals surface area (Å²) in [5.41, 5.74) is 13.2. The molecule has 8 nitrogen and oxygen atoms in total. The lowest BCUT2D eigenvalue weighted by Gasteiger charge is -2.19. The number of hydrogen-bond donors (Lipinski definition) is 4. The molecule has 3 aromatic rings. The molecule has 0 spiro atoms. The number of nitrogen functional groups attached to an aromatic ring is 2. The van der Waals surface area contributed by atoms with E-state index < -0.39 is 12.2 Å². The van der Waals surface area contributed by atoms with Gasteiger partial charge in [-0.3, -0.25) is 0 Å². The number of fused-ring (bicyclic) bond motifs is 1. The first kappa shape index (κ1) is 16.7. The Balaban J connectivity index is 1.52. The largest absolute Gasteiger partial charge is 0.390 e. The highest BCUT2D eigenvalue weighted by atomic mass is 16.3. The van der Waals surface area contributed by atoms with Gasteiger partial charge in [-0.05, 0) is 42.9 Å². The molecule has 0 unspecified atom stereocenters. The molecule has 0 aromatic carbocycles. The van der Waals surface area contributed by atoms with Crippen LogP contribution in [0.2, 0.25) is 0 Å². The summed E-state index contributed by atoms with van der Waals surface area (Å²) in [6, 6.07) is 5.31. The fourth-order valence-corrected chi connectivity index (χ4v) is 3.86. The number of anilines is 2. The second-order valence-electron chi connectivity index (χ2n) is 6.89. The molecule has 6 N–H and O–H groups in total. The van der Waals surface area contributed by atoms with E-state index in [0.29, 0.717) is 23.7 Å². The van der Waals surface area contributed by atoms with Crippen molar-refractivity contribution in [2.75, 3.05) is 11.5 Å². The lowest BCUT2D eigenvalue weighted by Crippen LogP contribution is -2.29. The Hall–Kier alpha value is -2.71. The van der Waals surface area contributed by atoms with Crippen molar-refractivity contribution in [3.63, 3.8) is 0 Å². The zero-order chi connectivity index (χ0) is 18.3. The zero-order valence-electron chi connectivity index (χ0n) is 14.2. The Bertz CT molecular complexity index is 910. The van der Waals surface area contributed by atoms with E-state index in [1.54, 1.807) is 12.3 Å². The third kappa shape index (κ3) is 2.87. The SMILES string of the molecule is Nc1ccc(CC[C@H]2C[C@@H](n3ccc4c(N)ncnc43)[C@H](O)[C@@H]2O)cn1. The molecule has 4 atom stereocenters. The summed E-state index contributed by atoms with van der Waals surface area (Å²) in [6.07, 6.45) is 5.59. The second-order valence-corrected chi connectivity index (χ2v) is 6.89. The summed E-state index contributed by atoms with van der Waals surface area (Å²) in [5.74, 6) is 0.893. The first-order valence-corrected chi connectivity index (χ1v) is 8.68. The average molecular weight is 354 g/mol. The van der Waals surface area contributed by atoms with Crippen LogP contribution in [-0.2, 0) is 6.42 Å². The Morgan fingerprint density at radius 1 is 1.08 bits per heavy atom. The molecule has 8 heteroatoms. The third-order valence-corrected chi connectivity index (χ3v) is 5.32. The summed E-state index contributed by atoms with van der Waals surface area (Å²) in [6.45, 7) is 0. The van der Waals surface area contributed by atoms with Crippen LogP contribution in [-0.4, -0.2) is 41.9 Å². The van der Waals surface area contributed by atoms with Gasteiger partial charge in [0, 0.05) is 12.4 Å². The molecular formula is C18H22N6O2. The highest BCUT2D eigenvalue weighted by Gasteiger charge is 2.42. The maximum Gasteiger partial charge on any atom is 0.145 e. The van der Waals surface area contributed by atoms with E-state index in [2.05, 4.69) is 15.0 Å². The van der Waals surface area contributed by atoms with Crippen LogP contribution in [0.1, 0.15) is 24.4 Å². The van der Waals surface area contributed by atoms with Crippen molar-refractivity contribution in [2.24, 2.45) is 5.92 Å². The van der Waals surface area contributed by atoms with Gasteiger partial charge in [0.05, 0.1) is 17.5 Å². The molecule has 0 bridgehead atoms. The van der Waals surface area contributed by atoms with Crippen molar-refractivity contribution in [3.8, 4) is 0 Å². The number of aromatic nitrogens is 4. The van der Waals surface area contributed by atoms with Crippen LogP contribution in [0.4, 0.5) is 11.6 Å². The molecule has 1 aliphatic carbocycles. The number of nitrogens with zero attached hydrogens (tertiary/aromatic N) is 4. The molecule has 3 heterocycles. The predicted octanol–water partition coefficient (Wildman–Crippen LogP) is 0.906. The van der Waals surface area contributed by atoms with Gasteiger partial charge >= 0.3 is 0 Å². The first-order valence-electron chi connectivity index (χ1n) is 8.68. The number of aliphatic hydroxyl groups excluding tert-OH is 2. The third-order valence-electron chi connectivity index (χ3n) is 5.32. The number of aliphatic hydroxyl groups is 2. The molecule has 0 saturated heterocycles. The number of aryl methyl sites for hydroxylation is 1. The number of nitrogens with two attached hydrogens (primary N) is 2. The van der Waals surface area contributed by atoms with Crippen molar-refractivity contribution in [2.45, 2.75) is 37.5 Å². The highest BCUT2D eigenvalue weighted by molar-refractivity contribution is 5.86. The molecule has 3 aromatic heterocycles. The first-order chi connectivity index (χ1) is 12.5. The Morgan fingerprint density at radius 3 is 2.69 bits per heavy atom. The van der Waals surface area contributed by atoms with Crippen molar-refractivity contribution in [1.82, 2.24) is 19.5 Å². The van der Waals surface area contributed by atoms with E-state index in [9.17, 15) is 10.2 Å². The van der Waals surface area contributed by atoms with Crippen LogP contribution in [0.25, 0.3) is 11.0 Å². The number of hydrogen-bond acceptors (Lipinski definition) is 7. The van der Waals surface area contributed by atoms with E-state index in [-0.39, 0.29) is 12.0 Å². The maximum absolute atomic E-state index is 10.6. The van der Waals surface area contributed by atoms with Gasteiger partial charge in [-0.15, -0.1) is 0 Å². The summed E-state index contributed by atoms with van der Waals surface area (Å²) in [7, 11) is 0. The highest BCUT2D eigenvalue weighted by Crippen LogP contribution is 2.39. The lowest BCUT2D eigenvalue weighted by molar-refractivity contribution is 0.00545.